The van der Waals surface area contributed by atoms with Crippen LogP contribution in [0, 0.1) is 0 Å². The molecule has 0 spiro atoms. The van der Waals surface area contributed by atoms with Crippen molar-refractivity contribution in [3.8, 4) is 0 Å². The average Bonchev–Trinajstić information content (AvgIpc) is 3.36. The molecule has 410 valence electrons. The minimum atomic E-state index is -1.79. The van der Waals surface area contributed by atoms with Crippen molar-refractivity contribution in [1.82, 2.24) is 5.32 Å². The van der Waals surface area contributed by atoms with E-state index in [-0.39, 0.29) is 18.9 Å². The van der Waals surface area contributed by atoms with E-state index in [1.54, 1.807) is 6.08 Å². The van der Waals surface area contributed by atoms with Gasteiger partial charge in [0.25, 0.3) is 0 Å². The fraction of sp³-hybridized carbons (Fsp3) is 0.875. The van der Waals surface area contributed by atoms with Crippen LogP contribution in [0.2, 0.25) is 0 Å². The second-order valence-corrected chi connectivity index (χ2v) is 20.1. The number of rotatable bonds is 44. The fourth-order valence-electron chi connectivity index (χ4n) is 9.21. The molecular weight excluding hydrogens is 895 g/mol. The van der Waals surface area contributed by atoms with E-state index in [0.717, 1.165) is 44.9 Å². The Morgan fingerprint density at radius 1 is 0.500 bits per heavy atom. The number of unbranched alkanes of at least 4 members (excludes halogenated alkanes) is 27. The molecule has 0 aromatic rings. The highest BCUT2D eigenvalue weighted by atomic mass is 16.7. The smallest absolute Gasteiger partial charge is 0.220 e. The molecule has 2 saturated heterocycles. The van der Waals surface area contributed by atoms with E-state index in [1.807, 2.05) is 6.08 Å². The molecular formula is C56H103NO13. The zero-order valence-corrected chi connectivity index (χ0v) is 43.8. The minimum absolute atomic E-state index is 0.252. The maximum Gasteiger partial charge on any atom is 0.220 e. The zero-order valence-electron chi connectivity index (χ0n) is 43.8. The molecule has 0 aromatic carbocycles. The molecule has 2 rings (SSSR count). The third kappa shape index (κ3) is 28.6. The average molecular weight is 998 g/mol. The van der Waals surface area contributed by atoms with Gasteiger partial charge in [-0.15, -0.1) is 0 Å². The molecule has 2 aliphatic heterocycles. The maximum atomic E-state index is 13.2. The molecule has 14 nitrogen and oxygen atoms in total. The van der Waals surface area contributed by atoms with Crippen molar-refractivity contribution in [1.29, 1.82) is 0 Å². The summed E-state index contributed by atoms with van der Waals surface area (Å²) in [7, 11) is 0. The molecule has 1 amide bonds. The van der Waals surface area contributed by atoms with Gasteiger partial charge in [0.1, 0.15) is 48.8 Å². The Morgan fingerprint density at radius 3 is 1.40 bits per heavy atom. The summed E-state index contributed by atoms with van der Waals surface area (Å²) in [5.41, 5.74) is 0. The van der Waals surface area contributed by atoms with Crippen LogP contribution in [0.3, 0.4) is 0 Å². The summed E-state index contributed by atoms with van der Waals surface area (Å²) in [5, 5.41) is 86.9. The van der Waals surface area contributed by atoms with Crippen molar-refractivity contribution in [2.24, 2.45) is 0 Å². The monoisotopic (exact) mass is 998 g/mol. The first-order valence-corrected chi connectivity index (χ1v) is 28.2. The SMILES string of the molecule is CCCCCCCCCCCCC/C=C/CC/C=C/CC/C=C/C(O)C(COC1OC(CO)C(OC2OC(CO)C(O)C(O)C2O)C(O)C1O)NC(=O)CCCCCCCCCCCCCCCCC. The van der Waals surface area contributed by atoms with Gasteiger partial charge in [0.15, 0.2) is 12.6 Å². The Bertz CT molecular complexity index is 1320. The minimum Gasteiger partial charge on any atom is -0.394 e. The molecule has 14 heteroatoms. The van der Waals surface area contributed by atoms with Crippen molar-refractivity contribution < 1.29 is 64.6 Å². The second kappa shape index (κ2) is 42.6. The van der Waals surface area contributed by atoms with Crippen LogP contribution in [0.4, 0.5) is 0 Å². The molecule has 0 bridgehead atoms. The highest BCUT2D eigenvalue weighted by Gasteiger charge is 2.51. The number of hydrogen-bond donors (Lipinski definition) is 9. The zero-order chi connectivity index (χ0) is 51.0. The molecule has 70 heavy (non-hydrogen) atoms. The number of nitrogens with one attached hydrogen (secondary N) is 1. The molecule has 0 aromatic heterocycles. The van der Waals surface area contributed by atoms with Gasteiger partial charge < -0.3 is 65.1 Å². The molecule has 0 saturated carbocycles. The van der Waals surface area contributed by atoms with Gasteiger partial charge in [-0.05, 0) is 44.9 Å². The highest BCUT2D eigenvalue weighted by molar-refractivity contribution is 5.76. The van der Waals surface area contributed by atoms with Crippen molar-refractivity contribution in [3.05, 3.63) is 36.5 Å². The van der Waals surface area contributed by atoms with E-state index in [2.05, 4.69) is 43.5 Å². The molecule has 2 aliphatic rings. The van der Waals surface area contributed by atoms with Crippen LogP contribution < -0.4 is 5.32 Å². The van der Waals surface area contributed by atoms with Crippen LogP contribution in [0.25, 0.3) is 0 Å². The van der Waals surface area contributed by atoms with Gasteiger partial charge in [0.2, 0.25) is 5.91 Å². The third-order valence-corrected chi connectivity index (χ3v) is 13.8. The summed E-state index contributed by atoms with van der Waals surface area (Å²) in [6.07, 6.45) is 33.3. The standard InChI is InChI=1S/C56H103NO13/c1-3-5-7-9-11-13-15-17-19-20-21-22-23-24-26-27-29-31-33-35-37-39-45(60)44(57-48(61)40-38-36-34-32-30-28-25-18-16-14-12-10-8-6-4-2)43-67-55-53(66)51(64)54(47(42-59)69-55)70-56-52(65)50(63)49(62)46(41-58)68-56/h23-24,29,31,37,39,44-47,49-56,58-60,62-66H,3-22,25-28,30,32-36,38,40-43H2,1-2H3,(H,57,61)/b24-23+,31-29+,39-37+. The summed E-state index contributed by atoms with van der Waals surface area (Å²) in [6.45, 7) is 2.78. The lowest BCUT2D eigenvalue weighted by Gasteiger charge is -2.46. The quantitative estimate of drug-likeness (QED) is 0.0206. The molecule has 2 heterocycles. The summed E-state index contributed by atoms with van der Waals surface area (Å²) in [6, 6.07) is -0.934. The number of amides is 1. The molecule has 12 unspecified atom stereocenters. The molecule has 0 aliphatic carbocycles. The first-order valence-electron chi connectivity index (χ1n) is 28.2. The van der Waals surface area contributed by atoms with Crippen LogP contribution >= 0.6 is 0 Å². The Kier molecular flexibility index (Phi) is 39.1. The van der Waals surface area contributed by atoms with Crippen LogP contribution in [0.5, 0.6) is 0 Å². The van der Waals surface area contributed by atoms with Crippen molar-refractivity contribution >= 4 is 5.91 Å². The van der Waals surface area contributed by atoms with E-state index in [9.17, 15) is 45.6 Å². The van der Waals surface area contributed by atoms with E-state index >= 15 is 0 Å². The lowest BCUT2D eigenvalue weighted by molar-refractivity contribution is -0.359. The largest absolute Gasteiger partial charge is 0.394 e. The van der Waals surface area contributed by atoms with E-state index in [0.29, 0.717) is 12.8 Å². The topological polar surface area (TPSA) is 228 Å². The van der Waals surface area contributed by atoms with Gasteiger partial charge in [-0.3, -0.25) is 4.79 Å². The van der Waals surface area contributed by atoms with Crippen LogP contribution in [-0.4, -0.2) is 140 Å². The Morgan fingerprint density at radius 2 is 0.914 bits per heavy atom. The first kappa shape index (κ1) is 64.3. The Labute approximate surface area is 423 Å². The van der Waals surface area contributed by atoms with Gasteiger partial charge >= 0.3 is 0 Å². The Hall–Kier alpha value is -1.79. The number of carbonyl (C=O) groups is 1. The van der Waals surface area contributed by atoms with Crippen LogP contribution in [-0.2, 0) is 23.7 Å². The third-order valence-electron chi connectivity index (χ3n) is 13.8. The number of carbonyl (C=O) groups excluding carboxylic acids is 1. The van der Waals surface area contributed by atoms with E-state index in [4.69, 9.17) is 18.9 Å². The summed E-state index contributed by atoms with van der Waals surface area (Å²) in [5.74, 6) is -0.252. The van der Waals surface area contributed by atoms with E-state index < -0.39 is 86.8 Å². The van der Waals surface area contributed by atoms with Crippen molar-refractivity contribution in [3.63, 3.8) is 0 Å². The van der Waals surface area contributed by atoms with Crippen molar-refractivity contribution in [2.45, 2.75) is 293 Å². The predicted molar refractivity (Wildman–Crippen MR) is 277 cm³/mol. The van der Waals surface area contributed by atoms with Gasteiger partial charge in [-0.25, -0.2) is 0 Å². The predicted octanol–water partition coefficient (Wildman–Crippen LogP) is 8.66. The second-order valence-electron chi connectivity index (χ2n) is 20.1. The molecule has 9 N–H and O–H groups in total. The van der Waals surface area contributed by atoms with Gasteiger partial charge in [-0.1, -0.05) is 204 Å². The van der Waals surface area contributed by atoms with Crippen LogP contribution in [0.15, 0.2) is 36.5 Å². The van der Waals surface area contributed by atoms with Crippen molar-refractivity contribution in [2.75, 3.05) is 19.8 Å². The molecule has 12 atom stereocenters. The normalized spacial score (nSPS) is 26.2. The number of hydrogen-bond acceptors (Lipinski definition) is 13. The number of aliphatic hydroxyl groups excluding tert-OH is 8. The molecule has 2 fully saturated rings. The summed E-state index contributed by atoms with van der Waals surface area (Å²) in [4.78, 5) is 13.2. The van der Waals surface area contributed by atoms with Gasteiger partial charge in [0.05, 0.1) is 32.0 Å². The van der Waals surface area contributed by atoms with Gasteiger partial charge in [0, 0.05) is 6.42 Å². The number of allylic oxidation sites excluding steroid dienone is 5. The fourth-order valence-corrected chi connectivity index (χ4v) is 9.21. The molecule has 0 radical (unpaired) electrons. The highest BCUT2D eigenvalue weighted by Crippen LogP contribution is 2.30. The summed E-state index contributed by atoms with van der Waals surface area (Å²) < 4.78 is 22.7. The lowest BCUT2D eigenvalue weighted by atomic mass is 9.97. The lowest BCUT2D eigenvalue weighted by Crippen LogP contribution is -2.65. The maximum absolute atomic E-state index is 13.2. The Balaban J connectivity index is 1.83. The first-order chi connectivity index (χ1) is 34.1. The van der Waals surface area contributed by atoms with Crippen LogP contribution in [0.1, 0.15) is 219 Å². The van der Waals surface area contributed by atoms with E-state index in [1.165, 1.54) is 141 Å². The number of aliphatic hydroxyl groups is 8. The number of ether oxygens (including phenoxy) is 4. The van der Waals surface area contributed by atoms with Gasteiger partial charge in [-0.2, -0.15) is 0 Å². The summed E-state index contributed by atoms with van der Waals surface area (Å²) >= 11 is 0.